The highest BCUT2D eigenvalue weighted by Crippen LogP contribution is 2.34. The van der Waals surface area contributed by atoms with Crippen molar-refractivity contribution in [1.29, 1.82) is 0 Å². The number of allylic oxidation sites excluding steroid dienone is 7. The van der Waals surface area contributed by atoms with E-state index in [1.807, 2.05) is 26.8 Å². The van der Waals surface area contributed by atoms with E-state index < -0.39 is 11.7 Å². The van der Waals surface area contributed by atoms with Gasteiger partial charge >= 0.3 is 6.18 Å². The van der Waals surface area contributed by atoms with Crippen LogP contribution in [-0.4, -0.2) is 12.8 Å². The summed E-state index contributed by atoms with van der Waals surface area (Å²) in [5.74, 6) is 0. The van der Waals surface area contributed by atoms with Crippen molar-refractivity contribution in [3.05, 3.63) is 59.4 Å². The first-order chi connectivity index (χ1) is 10.6. The smallest absolute Gasteiger partial charge is 0.378 e. The Labute approximate surface area is 137 Å². The summed E-state index contributed by atoms with van der Waals surface area (Å²) in [6, 6.07) is 0. The van der Waals surface area contributed by atoms with Crippen LogP contribution in [-0.2, 0) is 0 Å². The topological polar surface area (TPSA) is 38.0 Å². The standard InChI is InChI=1S/C18H27F3N2/c1-6-7-14(4)16(9-8-13(2)3)10-15(5)17(11-23-12-22)18(19,20)21/h8-9,11,23H,2,5-7,10,12,22H2,1,3-4H3/b9-8-,16-14-,17-11+. The van der Waals surface area contributed by atoms with Crippen LogP contribution in [0.3, 0.4) is 0 Å². The number of nitrogens with one attached hydrogen (secondary N) is 1. The molecule has 0 saturated carbocycles. The molecule has 0 rings (SSSR count). The van der Waals surface area contributed by atoms with Crippen LogP contribution < -0.4 is 11.1 Å². The molecule has 0 radical (unpaired) electrons. The highest BCUT2D eigenvalue weighted by Gasteiger charge is 2.35. The average molecular weight is 328 g/mol. The summed E-state index contributed by atoms with van der Waals surface area (Å²) in [5.41, 5.74) is 7.17. The summed E-state index contributed by atoms with van der Waals surface area (Å²) in [6.45, 7) is 13.1. The van der Waals surface area contributed by atoms with Gasteiger partial charge < -0.3 is 11.1 Å². The molecule has 2 nitrogen and oxygen atoms in total. The van der Waals surface area contributed by atoms with Crippen LogP contribution in [0.2, 0.25) is 0 Å². The molecule has 0 heterocycles. The summed E-state index contributed by atoms with van der Waals surface area (Å²) in [4.78, 5) is 0. The Balaban J connectivity index is 5.51. The number of nitrogens with two attached hydrogens (primary N) is 1. The highest BCUT2D eigenvalue weighted by atomic mass is 19.4. The van der Waals surface area contributed by atoms with Gasteiger partial charge in [0.1, 0.15) is 0 Å². The van der Waals surface area contributed by atoms with Gasteiger partial charge in [0.25, 0.3) is 0 Å². The Bertz CT molecular complexity index is 509. The van der Waals surface area contributed by atoms with Crippen molar-refractivity contribution < 1.29 is 13.2 Å². The van der Waals surface area contributed by atoms with Crippen LogP contribution in [0, 0.1) is 0 Å². The number of hydrogen-bond donors (Lipinski definition) is 2. The Morgan fingerprint density at radius 1 is 1.17 bits per heavy atom. The lowest BCUT2D eigenvalue weighted by atomic mass is 9.94. The van der Waals surface area contributed by atoms with Crippen LogP contribution >= 0.6 is 0 Å². The molecule has 0 spiro atoms. The van der Waals surface area contributed by atoms with Gasteiger partial charge in [0.15, 0.2) is 0 Å². The SMILES string of the molecule is C=C(C)/C=C\C(CC(=C)/C(=C\NCN)C(F)(F)F)=C(/C)CCC. The third-order valence-corrected chi connectivity index (χ3v) is 3.20. The molecule has 0 unspecified atom stereocenters. The van der Waals surface area contributed by atoms with E-state index in [2.05, 4.69) is 18.5 Å². The van der Waals surface area contributed by atoms with Gasteiger partial charge in [0.05, 0.1) is 12.2 Å². The summed E-state index contributed by atoms with van der Waals surface area (Å²) in [5, 5.41) is 2.40. The van der Waals surface area contributed by atoms with Crippen LogP contribution in [0.25, 0.3) is 0 Å². The summed E-state index contributed by atoms with van der Waals surface area (Å²) < 4.78 is 39.4. The second kappa shape index (κ2) is 10.1. The van der Waals surface area contributed by atoms with Gasteiger partial charge in [0.2, 0.25) is 0 Å². The lowest BCUT2D eigenvalue weighted by Gasteiger charge is -2.17. The maximum absolute atomic E-state index is 13.1. The van der Waals surface area contributed by atoms with Crippen molar-refractivity contribution in [2.45, 2.75) is 46.2 Å². The van der Waals surface area contributed by atoms with Crippen LogP contribution in [0.1, 0.15) is 40.0 Å². The van der Waals surface area contributed by atoms with E-state index in [0.29, 0.717) is 0 Å². The first-order valence-electron chi connectivity index (χ1n) is 7.54. The van der Waals surface area contributed by atoms with Gasteiger partial charge in [-0.05, 0) is 37.8 Å². The summed E-state index contributed by atoms with van der Waals surface area (Å²) in [7, 11) is 0. The average Bonchev–Trinajstić information content (AvgIpc) is 2.42. The Morgan fingerprint density at radius 2 is 1.78 bits per heavy atom. The van der Waals surface area contributed by atoms with E-state index in [0.717, 1.165) is 35.8 Å². The fourth-order valence-corrected chi connectivity index (χ4v) is 2.00. The molecule has 0 aromatic carbocycles. The molecule has 0 amide bonds. The number of hydrogen-bond acceptors (Lipinski definition) is 2. The maximum atomic E-state index is 13.1. The quantitative estimate of drug-likeness (QED) is 0.455. The second-order valence-electron chi connectivity index (χ2n) is 5.48. The monoisotopic (exact) mass is 328 g/mol. The van der Waals surface area contributed by atoms with Crippen molar-refractivity contribution >= 4 is 0 Å². The van der Waals surface area contributed by atoms with Gasteiger partial charge in [-0.15, -0.1) is 0 Å². The minimum absolute atomic E-state index is 0.00951. The number of halogens is 3. The molecule has 0 saturated heterocycles. The number of alkyl halides is 3. The van der Waals surface area contributed by atoms with E-state index in [1.54, 1.807) is 6.08 Å². The zero-order chi connectivity index (χ0) is 18.0. The summed E-state index contributed by atoms with van der Waals surface area (Å²) in [6.07, 6.45) is 1.93. The van der Waals surface area contributed by atoms with E-state index >= 15 is 0 Å². The molecule has 0 aliphatic carbocycles. The lowest BCUT2D eigenvalue weighted by Crippen LogP contribution is -2.21. The van der Waals surface area contributed by atoms with Crippen molar-refractivity contribution in [3.8, 4) is 0 Å². The normalized spacial score (nSPS) is 14.0. The second-order valence-corrected chi connectivity index (χ2v) is 5.48. The third-order valence-electron chi connectivity index (χ3n) is 3.20. The fraction of sp³-hybridized carbons (Fsp3) is 0.444. The molecule has 0 fully saturated rings. The maximum Gasteiger partial charge on any atom is 0.418 e. The molecule has 0 aliphatic heterocycles. The lowest BCUT2D eigenvalue weighted by molar-refractivity contribution is -0.0898. The zero-order valence-corrected chi connectivity index (χ0v) is 14.2. The Morgan fingerprint density at radius 3 is 2.22 bits per heavy atom. The molecule has 3 N–H and O–H groups in total. The summed E-state index contributed by atoms with van der Waals surface area (Å²) >= 11 is 0. The van der Waals surface area contributed by atoms with Crippen molar-refractivity contribution in [1.82, 2.24) is 5.32 Å². The molecule has 0 bridgehead atoms. The highest BCUT2D eigenvalue weighted by molar-refractivity contribution is 5.40. The van der Waals surface area contributed by atoms with Gasteiger partial charge in [0, 0.05) is 6.20 Å². The molecular weight excluding hydrogens is 301 g/mol. The zero-order valence-electron chi connectivity index (χ0n) is 14.2. The van der Waals surface area contributed by atoms with Gasteiger partial charge in [-0.2, -0.15) is 13.2 Å². The number of rotatable bonds is 9. The van der Waals surface area contributed by atoms with E-state index in [-0.39, 0.29) is 18.7 Å². The molecule has 0 aromatic rings. The van der Waals surface area contributed by atoms with Gasteiger partial charge in [-0.25, -0.2) is 0 Å². The van der Waals surface area contributed by atoms with Crippen LogP contribution in [0.15, 0.2) is 59.4 Å². The minimum Gasteiger partial charge on any atom is -0.378 e. The Kier molecular flexibility index (Phi) is 9.34. The van der Waals surface area contributed by atoms with Crippen molar-refractivity contribution in [2.24, 2.45) is 5.73 Å². The first-order valence-corrected chi connectivity index (χ1v) is 7.54. The molecule has 0 aromatic heterocycles. The fourth-order valence-electron chi connectivity index (χ4n) is 2.00. The Hall–Kier alpha value is -1.75. The molecule has 23 heavy (non-hydrogen) atoms. The molecule has 0 atom stereocenters. The largest absolute Gasteiger partial charge is 0.418 e. The first kappa shape index (κ1) is 21.2. The van der Waals surface area contributed by atoms with Gasteiger partial charge in [-0.1, -0.05) is 49.8 Å². The predicted octanol–water partition coefficient (Wildman–Crippen LogP) is 5.13. The minimum atomic E-state index is -4.47. The van der Waals surface area contributed by atoms with Crippen LogP contribution in [0.5, 0.6) is 0 Å². The van der Waals surface area contributed by atoms with Crippen molar-refractivity contribution in [3.63, 3.8) is 0 Å². The molecule has 5 heteroatoms. The third kappa shape index (κ3) is 8.45. The van der Waals surface area contributed by atoms with E-state index in [4.69, 9.17) is 5.73 Å². The molecular formula is C18H27F3N2. The van der Waals surface area contributed by atoms with Gasteiger partial charge in [-0.3, -0.25) is 0 Å². The molecule has 130 valence electrons. The predicted molar refractivity (Wildman–Crippen MR) is 91.6 cm³/mol. The van der Waals surface area contributed by atoms with E-state index in [9.17, 15) is 13.2 Å². The van der Waals surface area contributed by atoms with E-state index in [1.165, 1.54) is 0 Å². The van der Waals surface area contributed by atoms with Crippen LogP contribution in [0.4, 0.5) is 13.2 Å². The van der Waals surface area contributed by atoms with Crippen molar-refractivity contribution in [2.75, 3.05) is 6.67 Å². The molecule has 0 aliphatic rings.